The van der Waals surface area contributed by atoms with Crippen molar-refractivity contribution in [1.29, 1.82) is 0 Å². The zero-order chi connectivity index (χ0) is 17.0. The van der Waals surface area contributed by atoms with Gasteiger partial charge in [-0.15, -0.1) is 11.8 Å². The van der Waals surface area contributed by atoms with Crippen LogP contribution in [0.5, 0.6) is 0 Å². The van der Waals surface area contributed by atoms with E-state index in [1.165, 1.54) is 22.3 Å². The number of hydrogen-bond donors (Lipinski definition) is 1. The van der Waals surface area contributed by atoms with Gasteiger partial charge in [-0.05, 0) is 57.9 Å². The van der Waals surface area contributed by atoms with Gasteiger partial charge in [0.1, 0.15) is 0 Å². The Kier molecular flexibility index (Phi) is 5.89. The molecule has 23 heavy (non-hydrogen) atoms. The fourth-order valence-electron chi connectivity index (χ4n) is 2.51. The maximum absolute atomic E-state index is 12.5. The summed E-state index contributed by atoms with van der Waals surface area (Å²) in [6.45, 7) is 10.2. The highest BCUT2D eigenvalue weighted by Crippen LogP contribution is 2.25. The van der Waals surface area contributed by atoms with Crippen molar-refractivity contribution in [3.8, 4) is 0 Å². The van der Waals surface area contributed by atoms with Crippen LogP contribution in [0, 0.1) is 20.8 Å². The lowest BCUT2D eigenvalue weighted by atomic mass is 10.00. The predicted octanol–water partition coefficient (Wildman–Crippen LogP) is 4.97. The Hall–Kier alpha value is -1.74. The molecule has 3 heteroatoms. The third kappa shape index (κ3) is 4.87. The molecule has 1 amide bonds. The number of carbonyl (C=O) groups excluding carboxylic acids is 1. The molecule has 2 unspecified atom stereocenters. The number of nitrogens with one attached hydrogen (secondary N) is 1. The Bertz CT molecular complexity index is 679. The summed E-state index contributed by atoms with van der Waals surface area (Å²) in [6, 6.07) is 14.7. The minimum absolute atomic E-state index is 0.0171. The van der Waals surface area contributed by atoms with Crippen LogP contribution in [0.3, 0.4) is 0 Å². The molecule has 0 heterocycles. The number of thioether (sulfide) groups is 1. The largest absolute Gasteiger partial charge is 0.349 e. The van der Waals surface area contributed by atoms with Gasteiger partial charge in [0.25, 0.3) is 0 Å². The van der Waals surface area contributed by atoms with E-state index >= 15 is 0 Å². The minimum Gasteiger partial charge on any atom is -0.349 e. The first kappa shape index (κ1) is 17.6. The molecular weight excluding hydrogens is 302 g/mol. The lowest BCUT2D eigenvalue weighted by Gasteiger charge is -2.20. The maximum atomic E-state index is 12.5. The van der Waals surface area contributed by atoms with Crippen LogP contribution in [-0.2, 0) is 4.79 Å². The SMILES string of the molecule is Cc1ccc(SC(C)C(=O)NC(C)c2cc(C)ccc2C)cc1. The number of benzene rings is 2. The molecule has 0 saturated heterocycles. The zero-order valence-electron chi connectivity index (χ0n) is 14.5. The molecule has 2 aromatic carbocycles. The second kappa shape index (κ2) is 7.69. The molecule has 0 fully saturated rings. The van der Waals surface area contributed by atoms with E-state index in [1.54, 1.807) is 11.8 Å². The van der Waals surface area contributed by atoms with Crippen molar-refractivity contribution in [1.82, 2.24) is 5.32 Å². The van der Waals surface area contributed by atoms with Gasteiger partial charge in [0.2, 0.25) is 5.91 Å². The Labute approximate surface area is 143 Å². The average Bonchev–Trinajstić information content (AvgIpc) is 2.51. The summed E-state index contributed by atoms with van der Waals surface area (Å²) >= 11 is 1.59. The Morgan fingerprint density at radius 1 is 0.957 bits per heavy atom. The van der Waals surface area contributed by atoms with E-state index in [1.807, 2.05) is 13.8 Å². The normalized spacial score (nSPS) is 13.4. The van der Waals surface area contributed by atoms with Gasteiger partial charge in [-0.2, -0.15) is 0 Å². The summed E-state index contributed by atoms with van der Waals surface area (Å²) < 4.78 is 0. The molecule has 2 rings (SSSR count). The molecule has 0 aromatic heterocycles. The molecule has 0 bridgehead atoms. The van der Waals surface area contributed by atoms with E-state index < -0.39 is 0 Å². The summed E-state index contributed by atoms with van der Waals surface area (Å²) in [5, 5.41) is 3.02. The van der Waals surface area contributed by atoms with Crippen LogP contribution in [0.15, 0.2) is 47.4 Å². The van der Waals surface area contributed by atoms with Crippen LogP contribution in [0.2, 0.25) is 0 Å². The summed E-state index contributed by atoms with van der Waals surface area (Å²) in [5.41, 5.74) is 4.84. The summed E-state index contributed by atoms with van der Waals surface area (Å²) in [4.78, 5) is 13.6. The molecule has 0 saturated carbocycles. The van der Waals surface area contributed by atoms with Crippen LogP contribution in [0.1, 0.15) is 42.1 Å². The second-order valence-electron chi connectivity index (χ2n) is 6.16. The highest BCUT2D eigenvalue weighted by Gasteiger charge is 2.18. The standard InChI is InChI=1S/C20H25NOS/c1-13-7-10-18(11-8-13)23-17(5)20(22)21-16(4)19-12-14(2)6-9-15(19)3/h6-12,16-17H,1-5H3,(H,21,22). The number of rotatable bonds is 5. The quantitative estimate of drug-likeness (QED) is 0.786. The summed E-state index contributed by atoms with van der Waals surface area (Å²) in [7, 11) is 0. The summed E-state index contributed by atoms with van der Waals surface area (Å²) in [6.07, 6.45) is 0. The van der Waals surface area contributed by atoms with Crippen molar-refractivity contribution >= 4 is 17.7 Å². The van der Waals surface area contributed by atoms with Gasteiger partial charge >= 0.3 is 0 Å². The number of carbonyl (C=O) groups is 1. The van der Waals surface area contributed by atoms with Crippen molar-refractivity contribution in [2.75, 3.05) is 0 Å². The van der Waals surface area contributed by atoms with Crippen molar-refractivity contribution in [2.45, 2.75) is 50.8 Å². The van der Waals surface area contributed by atoms with Crippen LogP contribution < -0.4 is 5.32 Å². The molecule has 0 aliphatic rings. The smallest absolute Gasteiger partial charge is 0.233 e. The zero-order valence-corrected chi connectivity index (χ0v) is 15.3. The van der Waals surface area contributed by atoms with E-state index in [2.05, 4.69) is 68.6 Å². The van der Waals surface area contributed by atoms with Crippen molar-refractivity contribution in [2.24, 2.45) is 0 Å². The van der Waals surface area contributed by atoms with Crippen molar-refractivity contribution in [3.05, 3.63) is 64.7 Å². The Morgan fingerprint density at radius 2 is 1.57 bits per heavy atom. The molecule has 122 valence electrons. The van der Waals surface area contributed by atoms with E-state index in [-0.39, 0.29) is 17.2 Å². The fourth-order valence-corrected chi connectivity index (χ4v) is 3.39. The van der Waals surface area contributed by atoms with Crippen LogP contribution >= 0.6 is 11.8 Å². The van der Waals surface area contributed by atoms with Crippen LogP contribution in [0.4, 0.5) is 0 Å². The molecule has 0 aliphatic heterocycles. The molecule has 2 atom stereocenters. The van der Waals surface area contributed by atoms with Crippen LogP contribution in [0.25, 0.3) is 0 Å². The van der Waals surface area contributed by atoms with Crippen molar-refractivity contribution < 1.29 is 4.79 Å². The van der Waals surface area contributed by atoms with Gasteiger partial charge < -0.3 is 5.32 Å². The molecular formula is C20H25NOS. The highest BCUT2D eigenvalue weighted by molar-refractivity contribution is 8.00. The first-order chi connectivity index (χ1) is 10.9. The van der Waals surface area contributed by atoms with E-state index in [0.717, 1.165) is 4.90 Å². The summed E-state index contributed by atoms with van der Waals surface area (Å²) in [5.74, 6) is 0.0731. The third-order valence-corrected chi connectivity index (χ3v) is 5.08. The fraction of sp³-hybridized carbons (Fsp3) is 0.350. The topological polar surface area (TPSA) is 29.1 Å². The molecule has 1 N–H and O–H groups in total. The molecule has 0 aliphatic carbocycles. The minimum atomic E-state index is -0.120. The Balaban J connectivity index is 2.00. The Morgan fingerprint density at radius 3 is 2.22 bits per heavy atom. The molecule has 0 spiro atoms. The van der Waals surface area contributed by atoms with Gasteiger partial charge in [0.15, 0.2) is 0 Å². The number of hydrogen-bond acceptors (Lipinski definition) is 2. The van der Waals surface area contributed by atoms with Crippen LogP contribution in [-0.4, -0.2) is 11.2 Å². The third-order valence-electron chi connectivity index (χ3n) is 3.96. The van der Waals surface area contributed by atoms with E-state index in [4.69, 9.17) is 0 Å². The molecule has 2 nitrogen and oxygen atoms in total. The van der Waals surface area contributed by atoms with E-state index in [0.29, 0.717) is 0 Å². The monoisotopic (exact) mass is 327 g/mol. The average molecular weight is 327 g/mol. The second-order valence-corrected chi connectivity index (χ2v) is 7.58. The van der Waals surface area contributed by atoms with Gasteiger partial charge in [0.05, 0.1) is 11.3 Å². The lowest BCUT2D eigenvalue weighted by Crippen LogP contribution is -2.33. The first-order valence-corrected chi connectivity index (χ1v) is 8.85. The molecule has 2 aromatic rings. The van der Waals surface area contributed by atoms with Gasteiger partial charge in [0, 0.05) is 4.90 Å². The lowest BCUT2D eigenvalue weighted by molar-refractivity contribution is -0.120. The number of amides is 1. The van der Waals surface area contributed by atoms with E-state index in [9.17, 15) is 4.79 Å². The van der Waals surface area contributed by atoms with Gasteiger partial charge in [-0.3, -0.25) is 4.79 Å². The number of aryl methyl sites for hydroxylation is 3. The van der Waals surface area contributed by atoms with Gasteiger partial charge in [-0.1, -0.05) is 41.5 Å². The maximum Gasteiger partial charge on any atom is 0.233 e. The highest BCUT2D eigenvalue weighted by atomic mass is 32.2. The van der Waals surface area contributed by atoms with Gasteiger partial charge in [-0.25, -0.2) is 0 Å². The molecule has 0 radical (unpaired) electrons. The predicted molar refractivity (Wildman–Crippen MR) is 99.0 cm³/mol. The van der Waals surface area contributed by atoms with Crippen molar-refractivity contribution in [3.63, 3.8) is 0 Å². The first-order valence-electron chi connectivity index (χ1n) is 7.97.